The van der Waals surface area contributed by atoms with Crippen molar-refractivity contribution in [3.05, 3.63) is 107 Å². The van der Waals surface area contributed by atoms with Gasteiger partial charge in [-0.2, -0.15) is 10.2 Å². The van der Waals surface area contributed by atoms with Gasteiger partial charge in [-0.25, -0.2) is 4.68 Å². The molecule has 2 N–H and O–H groups in total. The number of nitrogens with zero attached hydrogens (tertiary/aromatic N) is 4. The maximum Gasteiger partial charge on any atom is 0.290 e. The largest absolute Gasteiger partial charge is 0.290 e. The Balaban J connectivity index is 1.37. The predicted molar refractivity (Wildman–Crippen MR) is 137 cm³/mol. The van der Waals surface area contributed by atoms with Crippen LogP contribution in [-0.2, 0) is 11.3 Å². The van der Waals surface area contributed by atoms with Gasteiger partial charge in [0, 0.05) is 18.4 Å². The quantitative estimate of drug-likeness (QED) is 0.427. The van der Waals surface area contributed by atoms with E-state index in [4.69, 9.17) is 0 Å². The molecule has 2 heterocycles. The molecule has 4 aromatic rings. The number of carbonyl (C=O) groups excluding carboxylic acids is 2. The van der Waals surface area contributed by atoms with E-state index in [-0.39, 0.29) is 23.0 Å². The molecule has 0 fully saturated rings. The van der Waals surface area contributed by atoms with Crippen LogP contribution in [0.25, 0.3) is 10.8 Å². The van der Waals surface area contributed by atoms with Crippen LogP contribution in [-0.4, -0.2) is 27.3 Å². The molecular formula is C27H24N6O3. The summed E-state index contributed by atoms with van der Waals surface area (Å²) in [5, 5.41) is 11.4. The molecule has 36 heavy (non-hydrogen) atoms. The Morgan fingerprint density at radius 3 is 2.17 bits per heavy atom. The number of aromatic nitrogens is 2. The van der Waals surface area contributed by atoms with Crippen LogP contribution in [0.3, 0.4) is 0 Å². The van der Waals surface area contributed by atoms with Crippen molar-refractivity contribution >= 4 is 34.0 Å². The van der Waals surface area contributed by atoms with Gasteiger partial charge in [-0.15, -0.1) is 0 Å². The standard InChI is InChI=1S/C27H24N6O3/c1-2-32-27(36)21-16-10-9-15-20(21)24(31-32)26(35)29-28-25(34)22-17-23(18-11-5-3-6-12-18)33(30-22)19-13-7-4-8-14-19/h3-16,23H,2,17H2,1H3,(H,28,34)(H,29,35). The Kier molecular flexibility index (Phi) is 6.27. The SMILES string of the molecule is CCn1nc(C(=O)NNC(=O)C2=NN(c3ccccc3)C(c3ccccc3)C2)c2ccccc2c1=O. The highest BCUT2D eigenvalue weighted by Crippen LogP contribution is 2.34. The van der Waals surface area contributed by atoms with Gasteiger partial charge >= 0.3 is 0 Å². The highest BCUT2D eigenvalue weighted by molar-refractivity contribution is 6.39. The minimum Gasteiger partial charge on any atom is -0.267 e. The summed E-state index contributed by atoms with van der Waals surface area (Å²) in [4.78, 5) is 38.5. The van der Waals surface area contributed by atoms with Crippen molar-refractivity contribution in [1.82, 2.24) is 20.6 Å². The molecule has 9 heteroatoms. The second-order valence-corrected chi connectivity index (χ2v) is 8.28. The number of benzene rings is 3. The summed E-state index contributed by atoms with van der Waals surface area (Å²) in [7, 11) is 0. The van der Waals surface area contributed by atoms with Crippen LogP contribution in [0.5, 0.6) is 0 Å². The zero-order valence-corrected chi connectivity index (χ0v) is 19.6. The number of amides is 2. The summed E-state index contributed by atoms with van der Waals surface area (Å²) < 4.78 is 1.22. The van der Waals surface area contributed by atoms with Crippen LogP contribution >= 0.6 is 0 Å². The lowest BCUT2D eigenvalue weighted by molar-refractivity contribution is -0.115. The van der Waals surface area contributed by atoms with E-state index < -0.39 is 11.8 Å². The summed E-state index contributed by atoms with van der Waals surface area (Å²) in [6.07, 6.45) is 0.364. The third-order valence-corrected chi connectivity index (χ3v) is 6.05. The van der Waals surface area contributed by atoms with Gasteiger partial charge in [0.05, 0.1) is 17.1 Å². The first kappa shape index (κ1) is 23.0. The van der Waals surface area contributed by atoms with Crippen molar-refractivity contribution in [3.8, 4) is 0 Å². The highest BCUT2D eigenvalue weighted by Gasteiger charge is 2.32. The molecule has 5 rings (SSSR count). The average molecular weight is 481 g/mol. The van der Waals surface area contributed by atoms with Gasteiger partial charge in [0.2, 0.25) is 0 Å². The van der Waals surface area contributed by atoms with Crippen LogP contribution in [0.2, 0.25) is 0 Å². The van der Waals surface area contributed by atoms with Gasteiger partial charge in [0.15, 0.2) is 5.69 Å². The summed E-state index contributed by atoms with van der Waals surface area (Å²) in [5.41, 5.74) is 6.83. The molecule has 1 aromatic heterocycles. The molecule has 1 aliphatic heterocycles. The summed E-state index contributed by atoms with van der Waals surface area (Å²) >= 11 is 0. The van der Waals surface area contributed by atoms with Crippen molar-refractivity contribution in [2.45, 2.75) is 25.9 Å². The molecule has 3 aromatic carbocycles. The fourth-order valence-corrected chi connectivity index (χ4v) is 4.26. The second-order valence-electron chi connectivity index (χ2n) is 8.28. The van der Waals surface area contributed by atoms with Gasteiger partial charge in [0.25, 0.3) is 17.4 Å². The average Bonchev–Trinajstić information content (AvgIpc) is 3.39. The fraction of sp³-hybridized carbons (Fsp3) is 0.148. The molecule has 0 aliphatic carbocycles. The van der Waals surface area contributed by atoms with Gasteiger partial charge in [-0.3, -0.25) is 30.2 Å². The second kappa shape index (κ2) is 9.83. The minimum atomic E-state index is -0.625. The molecule has 180 valence electrons. The lowest BCUT2D eigenvalue weighted by Gasteiger charge is -2.23. The van der Waals surface area contributed by atoms with E-state index in [1.165, 1.54) is 4.68 Å². The first-order chi connectivity index (χ1) is 17.6. The number of anilines is 1. The monoisotopic (exact) mass is 480 g/mol. The van der Waals surface area contributed by atoms with Crippen LogP contribution in [0, 0.1) is 0 Å². The number of para-hydroxylation sites is 1. The lowest BCUT2D eigenvalue weighted by atomic mass is 10.0. The van der Waals surface area contributed by atoms with Gasteiger partial charge in [0.1, 0.15) is 5.71 Å². The van der Waals surface area contributed by atoms with E-state index >= 15 is 0 Å². The van der Waals surface area contributed by atoms with Crippen molar-refractivity contribution in [3.63, 3.8) is 0 Å². The first-order valence-corrected chi connectivity index (χ1v) is 11.6. The van der Waals surface area contributed by atoms with E-state index in [0.29, 0.717) is 23.7 Å². The van der Waals surface area contributed by atoms with Gasteiger partial charge < -0.3 is 0 Å². The molecule has 1 aliphatic rings. The molecule has 9 nitrogen and oxygen atoms in total. The molecule has 0 bridgehead atoms. The van der Waals surface area contributed by atoms with Crippen molar-refractivity contribution < 1.29 is 9.59 Å². The lowest BCUT2D eigenvalue weighted by Crippen LogP contribution is -2.45. The number of hydrogen-bond acceptors (Lipinski definition) is 6. The van der Waals surface area contributed by atoms with Crippen LogP contribution in [0.4, 0.5) is 5.69 Å². The number of carbonyl (C=O) groups is 2. The van der Waals surface area contributed by atoms with Crippen molar-refractivity contribution in [2.24, 2.45) is 5.10 Å². The van der Waals surface area contributed by atoms with Crippen molar-refractivity contribution in [1.29, 1.82) is 0 Å². The first-order valence-electron chi connectivity index (χ1n) is 11.6. The van der Waals surface area contributed by atoms with Gasteiger partial charge in [-0.05, 0) is 30.7 Å². The van der Waals surface area contributed by atoms with E-state index in [0.717, 1.165) is 11.3 Å². The van der Waals surface area contributed by atoms with Crippen LogP contribution in [0.1, 0.15) is 35.4 Å². The molecule has 0 saturated carbocycles. The molecule has 0 radical (unpaired) electrons. The Hall–Kier alpha value is -4.79. The maximum atomic E-state index is 13.0. The Bertz CT molecular complexity index is 1520. The third kappa shape index (κ3) is 4.34. The van der Waals surface area contributed by atoms with Crippen molar-refractivity contribution in [2.75, 3.05) is 5.01 Å². The van der Waals surface area contributed by atoms with E-state index in [1.54, 1.807) is 31.2 Å². The van der Waals surface area contributed by atoms with E-state index in [9.17, 15) is 14.4 Å². The predicted octanol–water partition coefficient (Wildman–Crippen LogP) is 3.19. The number of hydrazine groups is 1. The molecule has 1 unspecified atom stereocenters. The summed E-state index contributed by atoms with van der Waals surface area (Å²) in [6, 6.07) is 26.0. The summed E-state index contributed by atoms with van der Waals surface area (Å²) in [5.74, 6) is -1.14. The number of hydrogen-bond donors (Lipinski definition) is 2. The number of fused-ring (bicyclic) bond motifs is 1. The fourth-order valence-electron chi connectivity index (χ4n) is 4.26. The third-order valence-electron chi connectivity index (χ3n) is 6.05. The Morgan fingerprint density at radius 2 is 1.47 bits per heavy atom. The highest BCUT2D eigenvalue weighted by atomic mass is 16.2. The Labute approximate surface area is 207 Å². The number of aryl methyl sites for hydroxylation is 1. The molecular weight excluding hydrogens is 456 g/mol. The maximum absolute atomic E-state index is 13.0. The minimum absolute atomic E-state index is 0.0498. The molecule has 0 spiro atoms. The van der Waals surface area contributed by atoms with Crippen LogP contribution < -0.4 is 21.4 Å². The Morgan fingerprint density at radius 1 is 0.861 bits per heavy atom. The van der Waals surface area contributed by atoms with E-state index in [1.807, 2.05) is 65.7 Å². The zero-order valence-electron chi connectivity index (χ0n) is 19.6. The smallest absolute Gasteiger partial charge is 0.267 e. The molecule has 1 atom stereocenters. The molecule has 0 saturated heterocycles. The number of nitrogens with one attached hydrogen (secondary N) is 2. The molecule has 2 amide bonds. The van der Waals surface area contributed by atoms with E-state index in [2.05, 4.69) is 21.1 Å². The number of rotatable bonds is 5. The normalized spacial score (nSPS) is 15.0. The van der Waals surface area contributed by atoms with Crippen LogP contribution in [0.15, 0.2) is 94.8 Å². The summed E-state index contributed by atoms with van der Waals surface area (Å²) in [6.45, 7) is 2.08. The zero-order chi connectivity index (χ0) is 25.1. The van der Waals surface area contributed by atoms with Gasteiger partial charge in [-0.1, -0.05) is 66.7 Å². The number of hydrazone groups is 1. The topological polar surface area (TPSA) is 109 Å².